The largest absolute Gasteiger partial charge is 0.454 e. The molecule has 1 saturated heterocycles. The molecule has 1 aromatic rings. The second-order valence-corrected chi connectivity index (χ2v) is 7.20. The molecule has 0 aromatic heterocycles. The van der Waals surface area contributed by atoms with Crippen molar-refractivity contribution >= 4 is 5.91 Å². The minimum atomic E-state index is -0.645. The van der Waals surface area contributed by atoms with Crippen molar-refractivity contribution in [1.29, 1.82) is 0 Å². The molecule has 1 saturated carbocycles. The zero-order valence-electron chi connectivity index (χ0n) is 13.7. The number of primary amides is 1. The van der Waals surface area contributed by atoms with E-state index >= 15 is 0 Å². The molecule has 6 heteroatoms. The number of hydrogen-bond acceptors (Lipinski definition) is 5. The molecule has 2 heterocycles. The highest BCUT2D eigenvalue weighted by Gasteiger charge is 2.49. The van der Waals surface area contributed by atoms with E-state index in [4.69, 9.17) is 15.2 Å². The molecule has 1 amide bonds. The molecule has 4 rings (SSSR count). The van der Waals surface area contributed by atoms with Gasteiger partial charge in [0.25, 0.3) is 0 Å². The maximum Gasteiger partial charge on any atom is 0.231 e. The van der Waals surface area contributed by atoms with Gasteiger partial charge in [-0.25, -0.2) is 0 Å². The van der Waals surface area contributed by atoms with Crippen molar-refractivity contribution in [3.8, 4) is 11.5 Å². The van der Waals surface area contributed by atoms with Crippen LogP contribution in [0.15, 0.2) is 18.2 Å². The predicted octanol–water partition coefficient (Wildman–Crippen LogP) is 1.57. The summed E-state index contributed by atoms with van der Waals surface area (Å²) in [5.74, 6) is 1.26. The van der Waals surface area contributed by atoms with E-state index in [1.165, 1.54) is 0 Å². The molecule has 1 aliphatic carbocycles. The second-order valence-electron chi connectivity index (χ2n) is 7.20. The number of rotatable bonds is 3. The van der Waals surface area contributed by atoms with Crippen LogP contribution in [-0.4, -0.2) is 41.4 Å². The third-order valence-electron chi connectivity index (χ3n) is 5.77. The van der Waals surface area contributed by atoms with Gasteiger partial charge in [-0.2, -0.15) is 0 Å². The first-order chi connectivity index (χ1) is 11.6. The van der Waals surface area contributed by atoms with Crippen molar-refractivity contribution in [2.45, 2.75) is 43.7 Å². The maximum atomic E-state index is 11.5. The third kappa shape index (κ3) is 2.63. The number of fused-ring (bicyclic) bond motifs is 2. The van der Waals surface area contributed by atoms with Crippen molar-refractivity contribution in [3.05, 3.63) is 23.8 Å². The van der Waals surface area contributed by atoms with Gasteiger partial charge in [0, 0.05) is 18.5 Å². The van der Waals surface area contributed by atoms with Gasteiger partial charge in [0.2, 0.25) is 12.7 Å². The molecule has 3 N–H and O–H groups in total. The van der Waals surface area contributed by atoms with Crippen molar-refractivity contribution in [3.63, 3.8) is 0 Å². The Morgan fingerprint density at radius 2 is 2.12 bits per heavy atom. The van der Waals surface area contributed by atoms with E-state index in [1.54, 1.807) is 0 Å². The Morgan fingerprint density at radius 3 is 2.96 bits per heavy atom. The van der Waals surface area contributed by atoms with E-state index in [0.717, 1.165) is 42.7 Å². The summed E-state index contributed by atoms with van der Waals surface area (Å²) in [4.78, 5) is 13.7. The molecular formula is C18H24N2O4. The van der Waals surface area contributed by atoms with Crippen molar-refractivity contribution in [2.24, 2.45) is 11.7 Å². The summed E-state index contributed by atoms with van der Waals surface area (Å²) in [6, 6.07) is 5.90. The minimum Gasteiger partial charge on any atom is -0.454 e. The normalized spacial score (nSPS) is 32.4. The summed E-state index contributed by atoms with van der Waals surface area (Å²) < 4.78 is 10.9. The standard InChI is InChI=1S/C18H24N2O4/c19-16(21)10-20-8-7-18(22)6-2-1-3-13(18)17(20)12-4-5-14-15(9-12)24-11-23-14/h4-5,9,13,17,22H,1-3,6-8,10-11H2,(H2,19,21)/t13-,17+,18+/m0/s1. The first-order valence-electron chi connectivity index (χ1n) is 8.71. The lowest BCUT2D eigenvalue weighted by atomic mass is 9.66. The Labute approximate surface area is 141 Å². The van der Waals surface area contributed by atoms with Gasteiger partial charge < -0.3 is 20.3 Å². The average molecular weight is 332 g/mol. The number of amides is 1. The summed E-state index contributed by atoms with van der Waals surface area (Å²) in [7, 11) is 0. The number of ether oxygens (including phenoxy) is 2. The second kappa shape index (κ2) is 5.93. The number of nitrogens with zero attached hydrogens (tertiary/aromatic N) is 1. The van der Waals surface area contributed by atoms with Crippen molar-refractivity contribution in [1.82, 2.24) is 4.90 Å². The van der Waals surface area contributed by atoms with Gasteiger partial charge in [0.15, 0.2) is 11.5 Å². The Bertz CT molecular complexity index is 650. The Morgan fingerprint density at radius 1 is 1.29 bits per heavy atom. The first-order valence-corrected chi connectivity index (χ1v) is 8.71. The number of hydrogen-bond donors (Lipinski definition) is 2. The number of piperidine rings is 1. The summed E-state index contributed by atoms with van der Waals surface area (Å²) in [6.45, 7) is 1.13. The van der Waals surface area contributed by atoms with Gasteiger partial charge in [0.05, 0.1) is 12.1 Å². The molecular weight excluding hydrogens is 308 g/mol. The monoisotopic (exact) mass is 332 g/mol. The lowest BCUT2D eigenvalue weighted by Crippen LogP contribution is -2.56. The topological polar surface area (TPSA) is 85.0 Å². The molecule has 0 unspecified atom stereocenters. The molecule has 0 bridgehead atoms. The fourth-order valence-electron chi connectivity index (χ4n) is 4.66. The highest BCUT2D eigenvalue weighted by molar-refractivity contribution is 5.76. The molecule has 1 aromatic carbocycles. The van der Waals surface area contributed by atoms with Crippen molar-refractivity contribution < 1.29 is 19.4 Å². The zero-order chi connectivity index (χ0) is 16.7. The lowest BCUT2D eigenvalue weighted by molar-refractivity contribution is -0.136. The molecule has 2 fully saturated rings. The van der Waals surface area contributed by atoms with Crippen LogP contribution in [0.5, 0.6) is 11.5 Å². The Balaban J connectivity index is 1.72. The summed E-state index contributed by atoms with van der Waals surface area (Å²) in [5, 5.41) is 11.2. The van der Waals surface area contributed by atoms with Crippen LogP contribution in [0.25, 0.3) is 0 Å². The summed E-state index contributed by atoms with van der Waals surface area (Å²) >= 11 is 0. The Hall–Kier alpha value is -1.79. The van der Waals surface area contributed by atoms with Gasteiger partial charge >= 0.3 is 0 Å². The van der Waals surface area contributed by atoms with E-state index in [-0.39, 0.29) is 31.2 Å². The van der Waals surface area contributed by atoms with Gasteiger partial charge in [0.1, 0.15) is 0 Å². The molecule has 0 spiro atoms. The number of likely N-dealkylation sites (tertiary alicyclic amines) is 1. The number of aliphatic hydroxyl groups is 1. The van der Waals surface area contributed by atoms with Crippen LogP contribution < -0.4 is 15.2 Å². The molecule has 6 nitrogen and oxygen atoms in total. The maximum absolute atomic E-state index is 11.5. The summed E-state index contributed by atoms with van der Waals surface area (Å²) in [5.41, 5.74) is 5.88. The van der Waals surface area contributed by atoms with Crippen LogP contribution in [0.1, 0.15) is 43.7 Å². The summed E-state index contributed by atoms with van der Waals surface area (Å²) in [6.07, 6.45) is 4.68. The van der Waals surface area contributed by atoms with E-state index < -0.39 is 5.60 Å². The molecule has 3 atom stereocenters. The van der Waals surface area contributed by atoms with Gasteiger partial charge in [-0.05, 0) is 37.0 Å². The first kappa shape index (κ1) is 15.7. The highest BCUT2D eigenvalue weighted by atomic mass is 16.7. The SMILES string of the molecule is NC(=O)CN1CC[C@]2(O)CCCC[C@H]2[C@H]1c1ccc2c(c1)OCO2. The van der Waals surface area contributed by atoms with Crippen LogP contribution >= 0.6 is 0 Å². The lowest BCUT2D eigenvalue weighted by Gasteiger charge is -2.52. The van der Waals surface area contributed by atoms with Crippen LogP contribution in [0, 0.1) is 5.92 Å². The van der Waals surface area contributed by atoms with Crippen LogP contribution in [0.4, 0.5) is 0 Å². The molecule has 2 aliphatic heterocycles. The average Bonchev–Trinajstić information content (AvgIpc) is 3.02. The van der Waals surface area contributed by atoms with Gasteiger partial charge in [-0.3, -0.25) is 9.69 Å². The highest BCUT2D eigenvalue weighted by Crippen LogP contribution is 2.50. The van der Waals surface area contributed by atoms with Crippen molar-refractivity contribution in [2.75, 3.05) is 19.9 Å². The fourth-order valence-corrected chi connectivity index (χ4v) is 4.66. The van der Waals surface area contributed by atoms with E-state index in [2.05, 4.69) is 4.90 Å². The third-order valence-corrected chi connectivity index (χ3v) is 5.77. The van der Waals surface area contributed by atoms with Gasteiger partial charge in [-0.1, -0.05) is 18.9 Å². The molecule has 130 valence electrons. The van der Waals surface area contributed by atoms with E-state index in [0.29, 0.717) is 13.0 Å². The molecule has 3 aliphatic rings. The quantitative estimate of drug-likeness (QED) is 0.877. The number of nitrogens with two attached hydrogens (primary N) is 1. The van der Waals surface area contributed by atoms with Crippen LogP contribution in [0.3, 0.4) is 0 Å². The fraction of sp³-hybridized carbons (Fsp3) is 0.611. The minimum absolute atomic E-state index is 0.0222. The Kier molecular flexibility index (Phi) is 3.89. The van der Waals surface area contributed by atoms with Crippen LogP contribution in [0.2, 0.25) is 0 Å². The van der Waals surface area contributed by atoms with Gasteiger partial charge in [-0.15, -0.1) is 0 Å². The van der Waals surface area contributed by atoms with E-state index in [1.807, 2.05) is 18.2 Å². The number of benzene rings is 1. The van der Waals surface area contributed by atoms with E-state index in [9.17, 15) is 9.90 Å². The smallest absolute Gasteiger partial charge is 0.231 e. The number of carbonyl (C=O) groups excluding carboxylic acids is 1. The van der Waals surface area contributed by atoms with Crippen LogP contribution in [-0.2, 0) is 4.79 Å². The number of carbonyl (C=O) groups is 1. The predicted molar refractivity (Wildman–Crippen MR) is 87.6 cm³/mol. The molecule has 0 radical (unpaired) electrons. The molecule has 24 heavy (non-hydrogen) atoms. The zero-order valence-corrected chi connectivity index (χ0v) is 13.7.